The van der Waals surface area contributed by atoms with Crippen molar-refractivity contribution in [1.29, 1.82) is 0 Å². The molecule has 0 radical (unpaired) electrons. The fourth-order valence-electron chi connectivity index (χ4n) is 4.71. The highest BCUT2D eigenvalue weighted by Gasteiger charge is 2.41. The van der Waals surface area contributed by atoms with E-state index in [9.17, 15) is 27.9 Å². The predicted octanol–water partition coefficient (Wildman–Crippen LogP) is 2.69. The highest BCUT2D eigenvalue weighted by atomic mass is 19.4. The van der Waals surface area contributed by atoms with Gasteiger partial charge in [-0.25, -0.2) is 4.98 Å². The molecule has 2 aromatic rings. The molecule has 2 amide bonds. The zero-order valence-electron chi connectivity index (χ0n) is 18.8. The average Bonchev–Trinajstić information content (AvgIpc) is 3.63. The van der Waals surface area contributed by atoms with Crippen LogP contribution in [0.1, 0.15) is 54.5 Å². The number of aromatic nitrogens is 2. The van der Waals surface area contributed by atoms with Crippen molar-refractivity contribution in [2.24, 2.45) is 0 Å². The van der Waals surface area contributed by atoms with Crippen molar-refractivity contribution in [2.45, 2.75) is 56.0 Å². The summed E-state index contributed by atoms with van der Waals surface area (Å²) < 4.78 is 45.1. The number of halogens is 3. The number of carbonyl (C=O) groups excluding carboxylic acids is 2. The van der Waals surface area contributed by atoms with Gasteiger partial charge < -0.3 is 19.6 Å². The second-order valence-corrected chi connectivity index (χ2v) is 9.29. The molecule has 1 unspecified atom stereocenters. The first-order chi connectivity index (χ1) is 16.7. The minimum absolute atomic E-state index is 0.0557. The molecule has 35 heavy (non-hydrogen) atoms. The number of hydrogen-bond acceptors (Lipinski definition) is 6. The predicted molar refractivity (Wildman–Crippen MR) is 116 cm³/mol. The molecule has 3 fully saturated rings. The van der Waals surface area contributed by atoms with Crippen molar-refractivity contribution < 1.29 is 32.6 Å². The maximum Gasteiger partial charge on any atom is 0.416 e. The van der Waals surface area contributed by atoms with Crippen LogP contribution in [0.5, 0.6) is 5.88 Å². The number of ether oxygens (including phenoxy) is 1. The molecule has 0 bridgehead atoms. The first kappa shape index (κ1) is 23.5. The number of alkyl halides is 3. The molecule has 8 nitrogen and oxygen atoms in total. The molecule has 11 heteroatoms. The third-order valence-electron chi connectivity index (χ3n) is 6.73. The van der Waals surface area contributed by atoms with Crippen LogP contribution in [0.25, 0.3) is 0 Å². The standard InChI is InChI=1S/C24H25F3N4O4/c25-24(26,27)16-3-1-2-15(8-16)22(33)23(34)30-7-6-21(32)31-13-18(9-17(31)12-30)35-20-11-28-19(10-29-20)14-4-5-14/h1-3,8,10-11,14,17-18,22,33H,4-7,9,12-13H2/t17-,18+,22?/m0/s1. The molecule has 1 saturated carbocycles. The maximum absolute atomic E-state index is 13.0. The van der Waals surface area contributed by atoms with Crippen LogP contribution in [0, 0.1) is 0 Å². The Balaban J connectivity index is 1.24. The quantitative estimate of drug-likeness (QED) is 0.693. The van der Waals surface area contributed by atoms with E-state index >= 15 is 0 Å². The van der Waals surface area contributed by atoms with E-state index in [1.807, 2.05) is 0 Å². The molecular formula is C24H25F3N4O4. The van der Waals surface area contributed by atoms with Gasteiger partial charge in [0.15, 0.2) is 6.10 Å². The zero-order chi connectivity index (χ0) is 24.7. The second-order valence-electron chi connectivity index (χ2n) is 9.29. The lowest BCUT2D eigenvalue weighted by molar-refractivity contribution is -0.142. The van der Waals surface area contributed by atoms with Gasteiger partial charge in [-0.1, -0.05) is 12.1 Å². The Hall–Kier alpha value is -3.21. The maximum atomic E-state index is 13.0. The van der Waals surface area contributed by atoms with Gasteiger partial charge in [-0.2, -0.15) is 13.2 Å². The molecule has 3 heterocycles. The van der Waals surface area contributed by atoms with Gasteiger partial charge in [0.1, 0.15) is 6.10 Å². The molecule has 1 aromatic carbocycles. The van der Waals surface area contributed by atoms with E-state index < -0.39 is 23.8 Å². The third-order valence-corrected chi connectivity index (χ3v) is 6.73. The number of rotatable bonds is 5. The lowest BCUT2D eigenvalue weighted by Crippen LogP contribution is -2.42. The number of amides is 2. The minimum Gasteiger partial charge on any atom is -0.471 e. The van der Waals surface area contributed by atoms with Gasteiger partial charge in [0.05, 0.1) is 36.2 Å². The summed E-state index contributed by atoms with van der Waals surface area (Å²) in [5, 5.41) is 10.5. The van der Waals surface area contributed by atoms with Gasteiger partial charge in [0.2, 0.25) is 11.8 Å². The van der Waals surface area contributed by atoms with Crippen molar-refractivity contribution in [2.75, 3.05) is 19.6 Å². The molecule has 1 N–H and O–H groups in total. The summed E-state index contributed by atoms with van der Waals surface area (Å²) in [5.74, 6) is -0.0180. The molecule has 2 aliphatic heterocycles. The summed E-state index contributed by atoms with van der Waals surface area (Å²) in [4.78, 5) is 37.4. The molecule has 1 aliphatic carbocycles. The van der Waals surface area contributed by atoms with Crippen LogP contribution in [0.4, 0.5) is 13.2 Å². The monoisotopic (exact) mass is 490 g/mol. The number of fused-ring (bicyclic) bond motifs is 1. The Labute approximate surface area is 199 Å². The fourth-order valence-corrected chi connectivity index (χ4v) is 4.71. The number of nitrogens with zero attached hydrogens (tertiary/aromatic N) is 4. The summed E-state index contributed by atoms with van der Waals surface area (Å²) in [6.07, 6.45) is -0.624. The fraction of sp³-hybridized carbons (Fsp3) is 0.500. The topological polar surface area (TPSA) is 95.9 Å². The molecule has 1 aromatic heterocycles. The number of aliphatic hydroxyl groups is 1. The van der Waals surface area contributed by atoms with Gasteiger partial charge in [-0.3, -0.25) is 14.6 Å². The van der Waals surface area contributed by atoms with Crippen LogP contribution in [0.15, 0.2) is 36.7 Å². The first-order valence-electron chi connectivity index (χ1n) is 11.6. The van der Waals surface area contributed by atoms with E-state index in [0.29, 0.717) is 24.8 Å². The van der Waals surface area contributed by atoms with Crippen LogP contribution in [-0.4, -0.2) is 68.5 Å². The molecular weight excluding hydrogens is 465 g/mol. The summed E-state index contributed by atoms with van der Waals surface area (Å²) >= 11 is 0. The van der Waals surface area contributed by atoms with E-state index in [2.05, 4.69) is 9.97 Å². The van der Waals surface area contributed by atoms with E-state index in [0.717, 1.165) is 36.7 Å². The largest absolute Gasteiger partial charge is 0.471 e. The first-order valence-corrected chi connectivity index (χ1v) is 11.6. The number of hydrogen-bond donors (Lipinski definition) is 1. The number of carbonyl (C=O) groups is 2. The van der Waals surface area contributed by atoms with Crippen LogP contribution < -0.4 is 4.74 Å². The second kappa shape index (κ2) is 9.10. The van der Waals surface area contributed by atoms with Crippen LogP contribution >= 0.6 is 0 Å². The Kier molecular flexibility index (Phi) is 6.12. The van der Waals surface area contributed by atoms with Crippen LogP contribution in [-0.2, 0) is 15.8 Å². The Bertz CT molecular complexity index is 1110. The summed E-state index contributed by atoms with van der Waals surface area (Å²) in [7, 11) is 0. The SMILES string of the molecule is O=C(C(O)c1cccc(C(F)(F)F)c1)N1CCC(=O)N2C[C@H](Oc3cnc(C4CC4)cn3)C[C@H]2C1. The summed E-state index contributed by atoms with van der Waals surface area (Å²) in [6.45, 7) is 0.584. The van der Waals surface area contributed by atoms with Crippen molar-refractivity contribution in [3.05, 3.63) is 53.5 Å². The van der Waals surface area contributed by atoms with Gasteiger partial charge in [-0.15, -0.1) is 0 Å². The van der Waals surface area contributed by atoms with Gasteiger partial charge in [-0.05, 0) is 30.5 Å². The van der Waals surface area contributed by atoms with Gasteiger partial charge in [0.25, 0.3) is 5.91 Å². The molecule has 3 aliphatic rings. The average molecular weight is 490 g/mol. The Morgan fingerprint density at radius 1 is 1.17 bits per heavy atom. The molecule has 5 rings (SSSR count). The molecule has 3 atom stereocenters. The van der Waals surface area contributed by atoms with Crippen molar-refractivity contribution in [3.63, 3.8) is 0 Å². The lowest BCUT2D eigenvalue weighted by atomic mass is 10.0. The number of benzene rings is 1. The van der Waals surface area contributed by atoms with Crippen LogP contribution in [0.2, 0.25) is 0 Å². The van der Waals surface area contributed by atoms with E-state index in [4.69, 9.17) is 4.74 Å². The number of aliphatic hydroxyl groups excluding tert-OH is 1. The van der Waals surface area contributed by atoms with Crippen molar-refractivity contribution in [3.8, 4) is 5.88 Å². The minimum atomic E-state index is -4.59. The summed E-state index contributed by atoms with van der Waals surface area (Å²) in [5.41, 5.74) is -0.137. The Morgan fingerprint density at radius 3 is 2.66 bits per heavy atom. The van der Waals surface area contributed by atoms with Crippen molar-refractivity contribution >= 4 is 11.8 Å². The van der Waals surface area contributed by atoms with E-state index in [-0.39, 0.29) is 43.1 Å². The highest BCUT2D eigenvalue weighted by Crippen LogP contribution is 2.38. The normalized spacial score (nSPS) is 23.6. The zero-order valence-corrected chi connectivity index (χ0v) is 18.8. The third kappa shape index (κ3) is 5.09. The van der Waals surface area contributed by atoms with Gasteiger partial charge >= 0.3 is 6.18 Å². The van der Waals surface area contributed by atoms with E-state index in [1.165, 1.54) is 11.0 Å². The van der Waals surface area contributed by atoms with Crippen LogP contribution in [0.3, 0.4) is 0 Å². The summed E-state index contributed by atoms with van der Waals surface area (Å²) in [6, 6.07) is 3.76. The molecule has 0 spiro atoms. The molecule has 186 valence electrons. The molecule has 2 saturated heterocycles. The smallest absolute Gasteiger partial charge is 0.416 e. The van der Waals surface area contributed by atoms with E-state index in [1.54, 1.807) is 17.3 Å². The lowest BCUT2D eigenvalue weighted by Gasteiger charge is -2.27. The van der Waals surface area contributed by atoms with Gasteiger partial charge in [0, 0.05) is 31.8 Å². The highest BCUT2D eigenvalue weighted by molar-refractivity contribution is 5.84. The Morgan fingerprint density at radius 2 is 1.97 bits per heavy atom. The van der Waals surface area contributed by atoms with Crippen molar-refractivity contribution in [1.82, 2.24) is 19.8 Å².